The van der Waals surface area contributed by atoms with Gasteiger partial charge in [-0.1, -0.05) is 26.0 Å². The lowest BCUT2D eigenvalue weighted by Crippen LogP contribution is -2.56. The van der Waals surface area contributed by atoms with Crippen LogP contribution in [0, 0.1) is 28.6 Å². The molecule has 6 heteroatoms. The van der Waals surface area contributed by atoms with E-state index in [1.165, 1.54) is 0 Å². The second-order valence-corrected chi connectivity index (χ2v) is 10.3. The number of amides is 1. The van der Waals surface area contributed by atoms with E-state index in [1.807, 2.05) is 38.1 Å². The second kappa shape index (κ2) is 8.45. The fourth-order valence-corrected chi connectivity index (χ4v) is 6.61. The summed E-state index contributed by atoms with van der Waals surface area (Å²) in [5.41, 5.74) is -0.425. The van der Waals surface area contributed by atoms with Gasteiger partial charge in [-0.05, 0) is 48.8 Å². The highest BCUT2D eigenvalue weighted by Crippen LogP contribution is 2.60. The van der Waals surface area contributed by atoms with E-state index in [9.17, 15) is 19.2 Å². The van der Waals surface area contributed by atoms with E-state index in [0.29, 0.717) is 32.2 Å². The summed E-state index contributed by atoms with van der Waals surface area (Å²) in [6.45, 7) is 4.22. The van der Waals surface area contributed by atoms with Crippen molar-refractivity contribution >= 4 is 23.3 Å². The summed E-state index contributed by atoms with van der Waals surface area (Å²) in [7, 11) is 1.61. The monoisotopic (exact) mass is 439 g/mol. The first-order chi connectivity index (χ1) is 15.2. The molecule has 3 aliphatic rings. The maximum atomic E-state index is 13.3. The van der Waals surface area contributed by atoms with Gasteiger partial charge < -0.3 is 10.1 Å². The molecule has 5 atom stereocenters. The van der Waals surface area contributed by atoms with E-state index in [2.05, 4.69) is 5.32 Å². The Labute approximate surface area is 189 Å². The number of hydrogen-bond donors (Lipinski definition) is 1. The minimum Gasteiger partial charge on any atom is -0.497 e. The number of benzene rings is 1. The number of rotatable bonds is 6. The average Bonchev–Trinajstić information content (AvgIpc) is 3.07. The van der Waals surface area contributed by atoms with Gasteiger partial charge in [0.1, 0.15) is 23.1 Å². The summed E-state index contributed by atoms with van der Waals surface area (Å²) in [4.78, 5) is 51.4. The highest BCUT2D eigenvalue weighted by atomic mass is 16.5. The van der Waals surface area contributed by atoms with Gasteiger partial charge in [0.25, 0.3) is 0 Å². The molecule has 1 aromatic rings. The Morgan fingerprint density at radius 1 is 1.06 bits per heavy atom. The number of nitrogens with one attached hydrogen (secondary N) is 1. The van der Waals surface area contributed by atoms with Crippen molar-refractivity contribution in [2.45, 2.75) is 65.3 Å². The van der Waals surface area contributed by atoms with Crippen molar-refractivity contribution in [3.05, 3.63) is 29.8 Å². The number of fused-ring (bicyclic) bond motifs is 3. The van der Waals surface area contributed by atoms with Crippen LogP contribution in [0.2, 0.25) is 0 Å². The van der Waals surface area contributed by atoms with Gasteiger partial charge in [-0.2, -0.15) is 0 Å². The van der Waals surface area contributed by atoms with Gasteiger partial charge in [0.2, 0.25) is 5.91 Å². The Bertz CT molecular complexity index is 938. The van der Waals surface area contributed by atoms with Crippen LogP contribution in [0.4, 0.5) is 0 Å². The van der Waals surface area contributed by atoms with Crippen LogP contribution in [-0.4, -0.2) is 30.4 Å². The molecule has 0 heterocycles. The predicted octanol–water partition coefficient (Wildman–Crippen LogP) is 3.65. The third-order valence-corrected chi connectivity index (χ3v) is 8.52. The Kier molecular flexibility index (Phi) is 5.99. The Morgan fingerprint density at radius 2 is 1.75 bits per heavy atom. The standard InChI is InChI=1S/C26H33NO5/c1-25(13-12-23(31)27-15-16-4-6-17(32-3)7-5-16)21(29)10-8-18-19-9-11-22(30)26(19,2)14-20(28)24(18)25/h4-7,18-19,24H,8-15H2,1-3H3,(H,27,31)/t18-,19?,24?,25-,26?/m0/s1. The molecule has 1 N–H and O–H groups in total. The predicted molar refractivity (Wildman–Crippen MR) is 119 cm³/mol. The number of Topliss-reactive ketones (excluding diaryl/α,β-unsaturated/α-hetero) is 3. The summed E-state index contributed by atoms with van der Waals surface area (Å²) in [5, 5.41) is 2.92. The molecule has 0 saturated heterocycles. The van der Waals surface area contributed by atoms with E-state index in [4.69, 9.17) is 4.74 Å². The molecule has 3 fully saturated rings. The fourth-order valence-electron chi connectivity index (χ4n) is 6.61. The molecule has 0 aromatic heterocycles. The van der Waals surface area contributed by atoms with Crippen LogP contribution < -0.4 is 10.1 Å². The minimum atomic E-state index is -0.829. The number of carbonyl (C=O) groups is 4. The van der Waals surface area contributed by atoms with Gasteiger partial charge >= 0.3 is 0 Å². The van der Waals surface area contributed by atoms with E-state index in [0.717, 1.165) is 17.7 Å². The normalized spacial score (nSPS) is 34.1. The quantitative estimate of drug-likeness (QED) is 0.731. The van der Waals surface area contributed by atoms with Gasteiger partial charge in [-0.3, -0.25) is 19.2 Å². The first-order valence-corrected chi connectivity index (χ1v) is 11.7. The van der Waals surface area contributed by atoms with Gasteiger partial charge in [0.05, 0.1) is 7.11 Å². The van der Waals surface area contributed by atoms with Crippen LogP contribution in [0.1, 0.15) is 64.4 Å². The van der Waals surface area contributed by atoms with Crippen molar-refractivity contribution < 1.29 is 23.9 Å². The number of ether oxygens (including phenoxy) is 1. The lowest BCUT2D eigenvalue weighted by Gasteiger charge is -2.52. The maximum Gasteiger partial charge on any atom is 0.220 e. The van der Waals surface area contributed by atoms with Crippen molar-refractivity contribution in [1.29, 1.82) is 0 Å². The van der Waals surface area contributed by atoms with Crippen LogP contribution in [0.15, 0.2) is 24.3 Å². The van der Waals surface area contributed by atoms with Crippen LogP contribution >= 0.6 is 0 Å². The molecule has 3 aliphatic carbocycles. The Morgan fingerprint density at radius 3 is 2.44 bits per heavy atom. The van der Waals surface area contributed by atoms with E-state index in [-0.39, 0.29) is 53.9 Å². The largest absolute Gasteiger partial charge is 0.497 e. The van der Waals surface area contributed by atoms with Crippen molar-refractivity contribution in [1.82, 2.24) is 5.32 Å². The summed E-state index contributed by atoms with van der Waals surface area (Å²) in [6.07, 6.45) is 3.28. The number of ketones is 3. The zero-order valence-electron chi connectivity index (χ0n) is 19.2. The molecule has 0 aliphatic heterocycles. The molecule has 3 unspecified atom stereocenters. The van der Waals surface area contributed by atoms with E-state index in [1.54, 1.807) is 7.11 Å². The molecule has 1 aromatic carbocycles. The van der Waals surface area contributed by atoms with Gasteiger partial charge in [-0.25, -0.2) is 0 Å². The zero-order chi connectivity index (χ0) is 23.1. The summed E-state index contributed by atoms with van der Waals surface area (Å²) >= 11 is 0. The molecule has 4 rings (SSSR count). The Hall–Kier alpha value is -2.50. The Balaban J connectivity index is 1.42. The molecular weight excluding hydrogens is 406 g/mol. The second-order valence-electron chi connectivity index (χ2n) is 10.3. The van der Waals surface area contributed by atoms with Gasteiger partial charge in [0, 0.05) is 49.0 Å². The van der Waals surface area contributed by atoms with E-state index >= 15 is 0 Å². The van der Waals surface area contributed by atoms with Gasteiger partial charge in [-0.15, -0.1) is 0 Å². The SMILES string of the molecule is COc1ccc(CNC(=O)CC[C@@]2(C)C(=O)CC[C@H]3C4CCC(=O)C4(C)CC(=O)C32)cc1. The van der Waals surface area contributed by atoms with Crippen LogP contribution in [0.5, 0.6) is 5.75 Å². The number of hydrogen-bond acceptors (Lipinski definition) is 5. The highest BCUT2D eigenvalue weighted by Gasteiger charge is 2.62. The van der Waals surface area contributed by atoms with E-state index < -0.39 is 10.8 Å². The third-order valence-electron chi connectivity index (χ3n) is 8.52. The molecule has 32 heavy (non-hydrogen) atoms. The minimum absolute atomic E-state index is 0.0400. The van der Waals surface area contributed by atoms with Crippen molar-refractivity contribution in [3.63, 3.8) is 0 Å². The first-order valence-electron chi connectivity index (χ1n) is 11.7. The topological polar surface area (TPSA) is 89.5 Å². The summed E-state index contributed by atoms with van der Waals surface area (Å²) < 4.78 is 5.15. The maximum absolute atomic E-state index is 13.3. The zero-order valence-corrected chi connectivity index (χ0v) is 19.2. The van der Waals surface area contributed by atoms with Crippen molar-refractivity contribution in [2.24, 2.45) is 28.6 Å². The smallest absolute Gasteiger partial charge is 0.220 e. The first kappa shape index (κ1) is 22.7. The summed E-state index contributed by atoms with van der Waals surface area (Å²) in [6, 6.07) is 7.49. The van der Waals surface area contributed by atoms with Crippen molar-refractivity contribution in [2.75, 3.05) is 7.11 Å². The molecule has 172 valence electrons. The molecule has 0 spiro atoms. The lowest BCUT2D eigenvalue weighted by atomic mass is 9.48. The summed E-state index contributed by atoms with van der Waals surface area (Å²) in [5.74, 6) is 0.831. The van der Waals surface area contributed by atoms with Gasteiger partial charge in [0.15, 0.2) is 0 Å². The lowest BCUT2D eigenvalue weighted by molar-refractivity contribution is -0.160. The number of methoxy groups -OCH3 is 1. The fraction of sp³-hybridized carbons (Fsp3) is 0.615. The molecule has 1 amide bonds. The molecule has 0 bridgehead atoms. The molecule has 3 saturated carbocycles. The number of carbonyl (C=O) groups excluding carboxylic acids is 4. The highest BCUT2D eigenvalue weighted by molar-refractivity contribution is 5.99. The van der Waals surface area contributed by atoms with Crippen molar-refractivity contribution in [3.8, 4) is 5.75 Å². The van der Waals surface area contributed by atoms with Crippen LogP contribution in [0.3, 0.4) is 0 Å². The molecule has 6 nitrogen and oxygen atoms in total. The average molecular weight is 440 g/mol. The van der Waals surface area contributed by atoms with Crippen LogP contribution in [0.25, 0.3) is 0 Å². The molecular formula is C26H33NO5. The molecule has 0 radical (unpaired) electrons. The van der Waals surface area contributed by atoms with Crippen LogP contribution in [-0.2, 0) is 25.7 Å². The third kappa shape index (κ3) is 3.78.